The molecule has 1 aromatic rings. The maximum atomic E-state index is 12.7. The van der Waals surface area contributed by atoms with Crippen LogP contribution in [0.15, 0.2) is 17.2 Å². The van der Waals surface area contributed by atoms with Crippen LogP contribution in [0.5, 0.6) is 0 Å². The van der Waals surface area contributed by atoms with Gasteiger partial charge in [0, 0.05) is 31.5 Å². The number of aryl methyl sites for hydroxylation is 1. The Kier molecular flexibility index (Phi) is 4.58. The van der Waals surface area contributed by atoms with E-state index in [1.54, 1.807) is 21.1 Å². The summed E-state index contributed by atoms with van der Waals surface area (Å²) in [5, 5.41) is 0. The molecule has 0 amide bonds. The largest absolute Gasteiger partial charge is 0.352 e. The summed E-state index contributed by atoms with van der Waals surface area (Å²) in [4.78, 5) is 0.367. The molecule has 0 aromatic carbocycles. The number of alkyl halides is 1. The fourth-order valence-electron chi connectivity index (χ4n) is 2.68. The Balaban J connectivity index is 2.34. The van der Waals surface area contributed by atoms with Gasteiger partial charge in [0.25, 0.3) is 0 Å². The molecule has 2 rings (SSSR count). The van der Waals surface area contributed by atoms with E-state index in [4.69, 9.17) is 11.6 Å². The minimum absolute atomic E-state index is 0.137. The predicted octanol–water partition coefficient (Wildman–Crippen LogP) is 2.72. The normalized spacial score (nSPS) is 21.7. The van der Waals surface area contributed by atoms with Gasteiger partial charge in [0.2, 0.25) is 10.0 Å². The third-order valence-electron chi connectivity index (χ3n) is 3.87. The van der Waals surface area contributed by atoms with Gasteiger partial charge in [-0.1, -0.05) is 13.3 Å². The number of rotatable bonds is 4. The first-order valence-electron chi connectivity index (χ1n) is 6.73. The number of nitrogens with zero attached hydrogens (tertiary/aromatic N) is 2. The summed E-state index contributed by atoms with van der Waals surface area (Å²) in [6.45, 7) is 2.68. The van der Waals surface area contributed by atoms with Crippen molar-refractivity contribution in [3.8, 4) is 0 Å². The zero-order chi connectivity index (χ0) is 14.0. The molecular weight excluding hydrogens is 284 g/mol. The Morgan fingerprint density at radius 2 is 2.16 bits per heavy atom. The highest BCUT2D eigenvalue weighted by atomic mass is 35.5. The third kappa shape index (κ3) is 2.83. The first kappa shape index (κ1) is 14.9. The molecule has 1 atom stereocenters. The topological polar surface area (TPSA) is 42.3 Å². The quantitative estimate of drug-likeness (QED) is 0.803. The second-order valence-corrected chi connectivity index (χ2v) is 7.24. The van der Waals surface area contributed by atoms with Crippen LogP contribution in [-0.2, 0) is 23.0 Å². The summed E-state index contributed by atoms with van der Waals surface area (Å²) in [7, 11) is -1.56. The van der Waals surface area contributed by atoms with Crippen LogP contribution in [0.1, 0.15) is 38.3 Å². The summed E-state index contributed by atoms with van der Waals surface area (Å²) in [6.07, 6.45) is 5.56. The second-order valence-electron chi connectivity index (χ2n) is 5.09. The van der Waals surface area contributed by atoms with Crippen LogP contribution in [0.3, 0.4) is 0 Å². The van der Waals surface area contributed by atoms with E-state index in [-0.39, 0.29) is 6.04 Å². The van der Waals surface area contributed by atoms with Crippen molar-refractivity contribution in [2.24, 2.45) is 7.05 Å². The number of halogens is 1. The van der Waals surface area contributed by atoms with Gasteiger partial charge < -0.3 is 4.57 Å². The molecule has 4 nitrogen and oxygen atoms in total. The highest BCUT2D eigenvalue weighted by Gasteiger charge is 2.33. The van der Waals surface area contributed by atoms with E-state index in [1.165, 1.54) is 0 Å². The van der Waals surface area contributed by atoms with Crippen molar-refractivity contribution in [2.45, 2.75) is 49.4 Å². The maximum Gasteiger partial charge on any atom is 0.244 e. The Bertz CT molecular complexity index is 539. The minimum atomic E-state index is -3.38. The van der Waals surface area contributed by atoms with Crippen LogP contribution >= 0.6 is 11.6 Å². The molecule has 1 unspecified atom stereocenters. The number of hydrogen-bond acceptors (Lipinski definition) is 2. The predicted molar refractivity (Wildman–Crippen MR) is 76.8 cm³/mol. The molecule has 0 aliphatic carbocycles. The van der Waals surface area contributed by atoms with E-state index in [0.717, 1.165) is 31.4 Å². The zero-order valence-electron chi connectivity index (χ0n) is 11.5. The average Bonchev–Trinajstić information content (AvgIpc) is 2.80. The summed E-state index contributed by atoms with van der Waals surface area (Å²) >= 11 is 5.81. The minimum Gasteiger partial charge on any atom is -0.352 e. The van der Waals surface area contributed by atoms with Crippen molar-refractivity contribution >= 4 is 21.6 Å². The van der Waals surface area contributed by atoms with Gasteiger partial charge in [-0.25, -0.2) is 8.42 Å². The molecule has 0 saturated carbocycles. The van der Waals surface area contributed by atoms with E-state index in [2.05, 4.69) is 0 Å². The Morgan fingerprint density at radius 3 is 2.74 bits per heavy atom. The van der Waals surface area contributed by atoms with Gasteiger partial charge in [-0.05, 0) is 25.3 Å². The van der Waals surface area contributed by atoms with Crippen LogP contribution in [0, 0.1) is 0 Å². The molecule has 108 valence electrons. The molecule has 1 fully saturated rings. The van der Waals surface area contributed by atoms with Gasteiger partial charge in [-0.2, -0.15) is 4.31 Å². The molecule has 0 radical (unpaired) electrons. The van der Waals surface area contributed by atoms with Gasteiger partial charge in [0.05, 0.1) is 5.88 Å². The monoisotopic (exact) mass is 304 g/mol. The zero-order valence-corrected chi connectivity index (χ0v) is 13.0. The van der Waals surface area contributed by atoms with Gasteiger partial charge in [-0.15, -0.1) is 11.6 Å². The lowest BCUT2D eigenvalue weighted by molar-refractivity contribution is 0.246. The van der Waals surface area contributed by atoms with Crippen molar-refractivity contribution in [2.75, 3.05) is 6.54 Å². The number of sulfonamides is 1. The van der Waals surface area contributed by atoms with E-state index in [0.29, 0.717) is 17.3 Å². The molecule has 0 bridgehead atoms. The summed E-state index contributed by atoms with van der Waals surface area (Å²) in [5.74, 6) is 0.323. The van der Waals surface area contributed by atoms with Gasteiger partial charge in [0.15, 0.2) is 0 Å². The Labute approximate surface area is 120 Å². The van der Waals surface area contributed by atoms with Crippen LogP contribution in [0.4, 0.5) is 0 Å². The number of hydrogen-bond donors (Lipinski definition) is 0. The molecule has 1 aliphatic heterocycles. The van der Waals surface area contributed by atoms with Crippen molar-refractivity contribution in [1.29, 1.82) is 0 Å². The molecule has 2 heterocycles. The van der Waals surface area contributed by atoms with E-state index in [1.807, 2.05) is 14.0 Å². The molecule has 1 saturated heterocycles. The Morgan fingerprint density at radius 1 is 1.42 bits per heavy atom. The molecule has 0 N–H and O–H groups in total. The lowest BCUT2D eigenvalue weighted by Gasteiger charge is -2.33. The fraction of sp³-hybridized carbons (Fsp3) is 0.692. The summed E-state index contributed by atoms with van der Waals surface area (Å²) < 4.78 is 28.9. The smallest absolute Gasteiger partial charge is 0.244 e. The summed E-state index contributed by atoms with van der Waals surface area (Å²) in [6, 6.07) is 1.82. The maximum absolute atomic E-state index is 12.7. The van der Waals surface area contributed by atoms with Crippen molar-refractivity contribution in [3.63, 3.8) is 0 Å². The lowest BCUT2D eigenvalue weighted by atomic mass is 10.0. The van der Waals surface area contributed by atoms with E-state index >= 15 is 0 Å². The van der Waals surface area contributed by atoms with Gasteiger partial charge >= 0.3 is 0 Å². The van der Waals surface area contributed by atoms with Crippen LogP contribution in [0.2, 0.25) is 0 Å². The molecule has 19 heavy (non-hydrogen) atoms. The number of piperidine rings is 1. The number of aromatic nitrogens is 1. The van der Waals surface area contributed by atoms with Crippen molar-refractivity contribution < 1.29 is 8.42 Å². The molecule has 0 spiro atoms. The average molecular weight is 305 g/mol. The van der Waals surface area contributed by atoms with Crippen LogP contribution < -0.4 is 0 Å². The first-order chi connectivity index (χ1) is 9.00. The lowest BCUT2D eigenvalue weighted by Crippen LogP contribution is -2.43. The molecule has 6 heteroatoms. The van der Waals surface area contributed by atoms with Gasteiger partial charge in [0.1, 0.15) is 4.90 Å². The fourth-order valence-corrected chi connectivity index (χ4v) is 4.81. The highest BCUT2D eigenvalue weighted by Crippen LogP contribution is 2.28. The first-order valence-corrected chi connectivity index (χ1v) is 8.71. The molecular formula is C13H21ClN2O2S. The van der Waals surface area contributed by atoms with Gasteiger partial charge in [-0.3, -0.25) is 0 Å². The standard InChI is InChI=1S/C13H21ClN2O2S/c1-3-11-6-4-5-7-16(11)19(17,18)13-8-12(9-14)15(2)10-13/h8,10-11H,3-7,9H2,1-2H3. The van der Waals surface area contributed by atoms with E-state index < -0.39 is 10.0 Å². The van der Waals surface area contributed by atoms with Crippen molar-refractivity contribution in [3.05, 3.63) is 18.0 Å². The SMILES string of the molecule is CCC1CCCCN1S(=O)(=O)c1cc(CCl)n(C)c1. The third-order valence-corrected chi connectivity index (χ3v) is 6.06. The van der Waals surface area contributed by atoms with Crippen LogP contribution in [0.25, 0.3) is 0 Å². The second kappa shape index (κ2) is 5.85. The highest BCUT2D eigenvalue weighted by molar-refractivity contribution is 7.89. The van der Waals surface area contributed by atoms with E-state index in [9.17, 15) is 8.42 Å². The molecule has 1 aromatic heterocycles. The van der Waals surface area contributed by atoms with Crippen molar-refractivity contribution in [1.82, 2.24) is 8.87 Å². The van der Waals surface area contributed by atoms with Crippen LogP contribution in [-0.4, -0.2) is 29.9 Å². The Hall–Kier alpha value is -0.520. The molecule has 1 aliphatic rings. The summed E-state index contributed by atoms with van der Waals surface area (Å²) in [5.41, 5.74) is 0.824.